The van der Waals surface area contributed by atoms with Gasteiger partial charge in [0.15, 0.2) is 5.82 Å². The van der Waals surface area contributed by atoms with E-state index in [2.05, 4.69) is 10.2 Å². The van der Waals surface area contributed by atoms with Crippen LogP contribution in [0.25, 0.3) is 11.4 Å². The van der Waals surface area contributed by atoms with Crippen LogP contribution in [0.5, 0.6) is 0 Å². The van der Waals surface area contributed by atoms with E-state index in [1.54, 1.807) is 31.5 Å². The van der Waals surface area contributed by atoms with Gasteiger partial charge in [0.25, 0.3) is 5.69 Å². The van der Waals surface area contributed by atoms with Crippen LogP contribution in [0.2, 0.25) is 0 Å². The Hall–Kier alpha value is -2.24. The molecule has 0 aliphatic rings. The first-order valence-electron chi connectivity index (χ1n) is 5.97. The molecule has 2 rings (SSSR count). The third-order valence-corrected chi connectivity index (χ3v) is 2.93. The Kier molecular flexibility index (Phi) is 3.09. The predicted octanol–water partition coefficient (Wildman–Crippen LogP) is 2.92. The highest BCUT2D eigenvalue weighted by Gasteiger charge is 2.25. The average Bonchev–Trinajstić information content (AvgIpc) is 2.76. The van der Waals surface area contributed by atoms with Gasteiger partial charge in [0, 0.05) is 11.1 Å². The van der Waals surface area contributed by atoms with Gasteiger partial charge >= 0.3 is 0 Å². The van der Waals surface area contributed by atoms with Crippen LogP contribution in [0.4, 0.5) is 5.69 Å². The molecule has 0 fully saturated rings. The van der Waals surface area contributed by atoms with Crippen molar-refractivity contribution in [2.24, 2.45) is 0 Å². The van der Waals surface area contributed by atoms with E-state index in [0.29, 0.717) is 17.0 Å². The van der Waals surface area contributed by atoms with Crippen molar-refractivity contribution in [1.82, 2.24) is 14.8 Å². The number of aryl methyl sites for hydroxylation is 1. The van der Waals surface area contributed by atoms with Crippen molar-refractivity contribution in [2.45, 2.75) is 33.2 Å². The molecule has 1 heterocycles. The number of hydrogen-bond donors (Lipinski definition) is 0. The van der Waals surface area contributed by atoms with Gasteiger partial charge in [-0.05, 0) is 33.8 Å². The van der Waals surface area contributed by atoms with Crippen molar-refractivity contribution in [2.75, 3.05) is 0 Å². The van der Waals surface area contributed by atoms with E-state index in [0.717, 1.165) is 0 Å². The number of hydrogen-bond acceptors (Lipinski definition) is 4. The number of aromatic nitrogens is 3. The summed E-state index contributed by atoms with van der Waals surface area (Å²) in [5.74, 6) is 0.517. The lowest BCUT2D eigenvalue weighted by Crippen LogP contribution is -2.22. The number of rotatable bonds is 2. The second-order valence-electron chi connectivity index (χ2n) is 5.42. The SMILES string of the molecule is Cc1cccc(-c2nncn2C(C)(C)C)c1[N+](=O)[O-]. The fourth-order valence-corrected chi connectivity index (χ4v) is 1.99. The monoisotopic (exact) mass is 260 g/mol. The topological polar surface area (TPSA) is 73.8 Å². The molecule has 0 unspecified atom stereocenters. The van der Waals surface area contributed by atoms with Crippen LogP contribution in [0.3, 0.4) is 0 Å². The maximum absolute atomic E-state index is 11.2. The summed E-state index contributed by atoms with van der Waals surface area (Å²) in [6.45, 7) is 7.73. The minimum absolute atomic E-state index is 0.0843. The number of nitrogens with zero attached hydrogens (tertiary/aromatic N) is 4. The summed E-state index contributed by atoms with van der Waals surface area (Å²) < 4.78 is 1.84. The molecule has 1 aromatic carbocycles. The van der Waals surface area contributed by atoms with Gasteiger partial charge in [0.1, 0.15) is 6.33 Å². The minimum Gasteiger partial charge on any atom is -0.308 e. The van der Waals surface area contributed by atoms with Crippen molar-refractivity contribution >= 4 is 5.69 Å². The Balaban J connectivity index is 2.71. The molecule has 0 saturated heterocycles. The third-order valence-electron chi connectivity index (χ3n) is 2.93. The third kappa shape index (κ3) is 2.33. The van der Waals surface area contributed by atoms with Gasteiger partial charge in [-0.2, -0.15) is 0 Å². The molecule has 0 spiro atoms. The highest BCUT2D eigenvalue weighted by atomic mass is 16.6. The summed E-state index contributed by atoms with van der Waals surface area (Å²) in [4.78, 5) is 10.9. The van der Waals surface area contributed by atoms with Crippen LogP contribution in [-0.2, 0) is 5.54 Å². The van der Waals surface area contributed by atoms with Crippen molar-refractivity contribution in [3.63, 3.8) is 0 Å². The average molecular weight is 260 g/mol. The van der Waals surface area contributed by atoms with Crippen molar-refractivity contribution in [3.8, 4) is 11.4 Å². The van der Waals surface area contributed by atoms with Gasteiger partial charge in [-0.15, -0.1) is 10.2 Å². The van der Waals surface area contributed by atoms with Crippen molar-refractivity contribution in [1.29, 1.82) is 0 Å². The van der Waals surface area contributed by atoms with E-state index < -0.39 is 0 Å². The molecule has 0 aliphatic carbocycles. The number of nitro groups is 1. The molecule has 6 nitrogen and oxygen atoms in total. The minimum atomic E-state index is -0.369. The van der Waals surface area contributed by atoms with Crippen LogP contribution in [0, 0.1) is 17.0 Å². The summed E-state index contributed by atoms with van der Waals surface area (Å²) in [5, 5.41) is 19.2. The quantitative estimate of drug-likeness (QED) is 0.614. The van der Waals surface area contributed by atoms with E-state index in [1.807, 2.05) is 25.3 Å². The molecule has 0 aliphatic heterocycles. The van der Waals surface area contributed by atoms with Crippen LogP contribution in [0.1, 0.15) is 26.3 Å². The van der Waals surface area contributed by atoms with E-state index in [4.69, 9.17) is 0 Å². The van der Waals surface area contributed by atoms with E-state index >= 15 is 0 Å². The highest BCUT2D eigenvalue weighted by molar-refractivity contribution is 5.70. The standard InChI is InChI=1S/C13H16N4O2/c1-9-6-5-7-10(11(9)17(18)19)12-15-14-8-16(12)13(2,3)4/h5-8H,1-4H3. The Labute approximate surface area is 111 Å². The summed E-state index contributed by atoms with van der Waals surface area (Å²) >= 11 is 0. The zero-order chi connectivity index (χ0) is 14.2. The molecule has 0 bridgehead atoms. The second kappa shape index (κ2) is 4.46. The number of para-hydroxylation sites is 1. The molecule has 1 aromatic heterocycles. The molecule has 0 saturated carbocycles. The zero-order valence-corrected chi connectivity index (χ0v) is 11.4. The van der Waals surface area contributed by atoms with Gasteiger partial charge in [-0.3, -0.25) is 10.1 Å². The molecule has 2 aromatic rings. The van der Waals surface area contributed by atoms with Gasteiger partial charge in [-0.25, -0.2) is 0 Å². The Bertz CT molecular complexity index is 626. The first-order chi connectivity index (χ1) is 8.82. The first kappa shape index (κ1) is 13.2. The molecule has 0 N–H and O–H groups in total. The summed E-state index contributed by atoms with van der Waals surface area (Å²) in [6.07, 6.45) is 1.60. The fourth-order valence-electron chi connectivity index (χ4n) is 1.99. The molecule has 0 atom stereocenters. The first-order valence-corrected chi connectivity index (χ1v) is 5.97. The summed E-state index contributed by atoms with van der Waals surface area (Å²) in [5.41, 5.74) is 0.959. The summed E-state index contributed by atoms with van der Waals surface area (Å²) in [6, 6.07) is 5.22. The maximum atomic E-state index is 11.2. The van der Waals surface area contributed by atoms with Crippen LogP contribution < -0.4 is 0 Å². The van der Waals surface area contributed by atoms with Gasteiger partial charge in [0.05, 0.1) is 10.5 Å². The highest BCUT2D eigenvalue weighted by Crippen LogP contribution is 2.33. The smallest absolute Gasteiger partial charge is 0.283 e. The Morgan fingerprint density at radius 1 is 1.32 bits per heavy atom. The molecular formula is C13H16N4O2. The van der Waals surface area contributed by atoms with Crippen molar-refractivity contribution < 1.29 is 4.92 Å². The molecule has 0 amide bonds. The van der Waals surface area contributed by atoms with E-state index in [-0.39, 0.29) is 16.1 Å². The fraction of sp³-hybridized carbons (Fsp3) is 0.385. The molecule has 100 valence electrons. The van der Waals surface area contributed by atoms with Crippen LogP contribution in [0.15, 0.2) is 24.5 Å². The molecular weight excluding hydrogens is 244 g/mol. The van der Waals surface area contributed by atoms with Gasteiger partial charge in [0.2, 0.25) is 0 Å². The maximum Gasteiger partial charge on any atom is 0.283 e. The Morgan fingerprint density at radius 3 is 2.58 bits per heavy atom. The van der Waals surface area contributed by atoms with Crippen LogP contribution >= 0.6 is 0 Å². The van der Waals surface area contributed by atoms with Gasteiger partial charge in [-0.1, -0.05) is 12.1 Å². The normalized spacial score (nSPS) is 11.6. The lowest BCUT2D eigenvalue weighted by atomic mass is 10.0. The predicted molar refractivity (Wildman–Crippen MR) is 71.8 cm³/mol. The molecule has 0 radical (unpaired) electrons. The lowest BCUT2D eigenvalue weighted by Gasteiger charge is -2.22. The zero-order valence-electron chi connectivity index (χ0n) is 11.4. The van der Waals surface area contributed by atoms with Crippen molar-refractivity contribution in [3.05, 3.63) is 40.2 Å². The Morgan fingerprint density at radius 2 is 2.00 bits per heavy atom. The lowest BCUT2D eigenvalue weighted by molar-refractivity contribution is -0.384. The van der Waals surface area contributed by atoms with E-state index in [1.165, 1.54) is 0 Å². The largest absolute Gasteiger partial charge is 0.308 e. The second-order valence-corrected chi connectivity index (χ2v) is 5.42. The number of nitro benzene ring substituents is 1. The van der Waals surface area contributed by atoms with E-state index in [9.17, 15) is 10.1 Å². The molecule has 6 heteroatoms. The van der Waals surface area contributed by atoms with Gasteiger partial charge < -0.3 is 4.57 Å². The number of benzene rings is 1. The summed E-state index contributed by atoms with van der Waals surface area (Å²) in [7, 11) is 0. The molecule has 19 heavy (non-hydrogen) atoms. The van der Waals surface area contributed by atoms with Crippen LogP contribution in [-0.4, -0.2) is 19.7 Å².